The predicted octanol–water partition coefficient (Wildman–Crippen LogP) is 7.08. The van der Waals surface area contributed by atoms with E-state index in [9.17, 15) is 9.18 Å². The molecular weight excluding hydrogens is 596 g/mol. The number of nitrogens with zero attached hydrogens (tertiary/aromatic N) is 1. The van der Waals surface area contributed by atoms with Crippen molar-refractivity contribution in [3.05, 3.63) is 91.1 Å². The van der Waals surface area contributed by atoms with Crippen LogP contribution in [0.2, 0.25) is 5.02 Å². The van der Waals surface area contributed by atoms with Crippen molar-refractivity contribution in [2.75, 3.05) is 12.0 Å². The minimum Gasteiger partial charge on any atom is -0.493 e. The number of anilines is 1. The van der Waals surface area contributed by atoms with Crippen LogP contribution in [0.4, 0.5) is 10.1 Å². The molecule has 1 fully saturated rings. The third-order valence-corrected chi connectivity index (χ3v) is 7.06. The summed E-state index contributed by atoms with van der Waals surface area (Å²) in [5.41, 5.74) is 2.22. The Bertz CT molecular complexity index is 1270. The molecule has 0 aliphatic carbocycles. The molecule has 3 aromatic carbocycles. The third kappa shape index (κ3) is 5.51. The number of thioether (sulfide) groups is 1. The van der Waals surface area contributed by atoms with Crippen molar-refractivity contribution in [2.45, 2.75) is 6.61 Å². The number of hydrogen-bond donors (Lipinski definition) is 0. The second-order valence-electron chi connectivity index (χ2n) is 6.94. The van der Waals surface area contributed by atoms with Crippen molar-refractivity contribution in [3.8, 4) is 11.5 Å². The Morgan fingerprint density at radius 3 is 2.58 bits per heavy atom. The topological polar surface area (TPSA) is 38.8 Å². The fraction of sp³-hybridized carbons (Fsp3) is 0.0833. The van der Waals surface area contributed by atoms with Crippen molar-refractivity contribution >= 4 is 80.2 Å². The Labute approximate surface area is 218 Å². The molecule has 1 heterocycles. The highest BCUT2D eigenvalue weighted by atomic mass is 127. The number of halogens is 3. The van der Waals surface area contributed by atoms with Crippen LogP contribution in [-0.4, -0.2) is 17.3 Å². The minimum atomic E-state index is -0.558. The van der Waals surface area contributed by atoms with E-state index in [0.717, 1.165) is 14.7 Å². The van der Waals surface area contributed by atoms with Gasteiger partial charge in [-0.1, -0.05) is 53.8 Å². The van der Waals surface area contributed by atoms with E-state index in [2.05, 4.69) is 22.6 Å². The average Bonchev–Trinajstić information content (AvgIpc) is 3.08. The third-order valence-electron chi connectivity index (χ3n) is 4.75. The van der Waals surface area contributed by atoms with E-state index in [-0.39, 0.29) is 10.9 Å². The number of carbonyl (C=O) groups excluding carboxylic acids is 1. The van der Waals surface area contributed by atoms with Gasteiger partial charge in [0.25, 0.3) is 5.91 Å². The van der Waals surface area contributed by atoms with Crippen LogP contribution in [0.15, 0.2) is 65.6 Å². The van der Waals surface area contributed by atoms with E-state index in [1.165, 1.54) is 34.9 Å². The molecule has 0 spiro atoms. The molecular formula is C24H16ClFINO3S2. The molecule has 3 aromatic rings. The van der Waals surface area contributed by atoms with Crippen molar-refractivity contribution in [1.29, 1.82) is 0 Å². The molecule has 0 unspecified atom stereocenters. The van der Waals surface area contributed by atoms with Crippen LogP contribution in [0, 0.1) is 9.39 Å². The minimum absolute atomic E-state index is 0.0731. The number of thiocarbonyl (C=S) groups is 1. The molecule has 1 aliphatic heterocycles. The summed E-state index contributed by atoms with van der Waals surface area (Å²) in [6.45, 7) is 0.408. The van der Waals surface area contributed by atoms with Crippen LogP contribution in [-0.2, 0) is 11.4 Å². The van der Waals surface area contributed by atoms with Crippen LogP contribution in [0.25, 0.3) is 6.08 Å². The normalized spacial score (nSPS) is 14.8. The Kier molecular flexibility index (Phi) is 7.58. The number of amides is 1. The molecule has 1 amide bonds. The highest BCUT2D eigenvalue weighted by Crippen LogP contribution is 2.38. The first-order valence-corrected chi connectivity index (χ1v) is 12.3. The van der Waals surface area contributed by atoms with Crippen LogP contribution < -0.4 is 14.4 Å². The zero-order valence-corrected chi connectivity index (χ0v) is 21.7. The summed E-state index contributed by atoms with van der Waals surface area (Å²) >= 11 is 14.7. The van der Waals surface area contributed by atoms with Gasteiger partial charge < -0.3 is 9.47 Å². The van der Waals surface area contributed by atoms with Crippen LogP contribution in [0.3, 0.4) is 0 Å². The lowest BCUT2D eigenvalue weighted by molar-refractivity contribution is -0.113. The van der Waals surface area contributed by atoms with Gasteiger partial charge >= 0.3 is 0 Å². The summed E-state index contributed by atoms with van der Waals surface area (Å²) < 4.78 is 26.4. The van der Waals surface area contributed by atoms with Gasteiger partial charge in [-0.25, -0.2) is 4.39 Å². The van der Waals surface area contributed by atoms with Crippen molar-refractivity contribution in [3.63, 3.8) is 0 Å². The van der Waals surface area contributed by atoms with E-state index < -0.39 is 5.82 Å². The van der Waals surface area contributed by atoms with Crippen molar-refractivity contribution in [2.24, 2.45) is 0 Å². The Balaban J connectivity index is 1.53. The lowest BCUT2D eigenvalue weighted by atomic mass is 10.1. The van der Waals surface area contributed by atoms with Gasteiger partial charge in [0.05, 0.1) is 22.7 Å². The Morgan fingerprint density at radius 1 is 1.12 bits per heavy atom. The number of rotatable bonds is 6. The fourth-order valence-corrected chi connectivity index (χ4v) is 4.93. The molecule has 0 N–H and O–H groups in total. The maximum atomic E-state index is 13.5. The number of benzene rings is 3. The van der Waals surface area contributed by atoms with E-state index in [1.807, 2.05) is 30.3 Å². The highest BCUT2D eigenvalue weighted by Gasteiger charge is 2.33. The van der Waals surface area contributed by atoms with E-state index in [1.54, 1.807) is 25.3 Å². The number of ether oxygens (including phenoxy) is 2. The largest absolute Gasteiger partial charge is 0.493 e. The number of carbonyl (C=O) groups is 1. The van der Waals surface area contributed by atoms with Gasteiger partial charge in [0, 0.05) is 3.57 Å². The molecule has 1 aliphatic rings. The first-order valence-electron chi connectivity index (χ1n) is 9.64. The van der Waals surface area contributed by atoms with E-state index >= 15 is 0 Å². The summed E-state index contributed by atoms with van der Waals surface area (Å²) in [6.07, 6.45) is 1.73. The lowest BCUT2D eigenvalue weighted by Crippen LogP contribution is -2.27. The SMILES string of the molecule is COc1cc(/C=C2\SC(=S)N(c3ccc(F)c(Cl)c3)C2=O)ccc1OCc1ccc(I)cc1. The van der Waals surface area contributed by atoms with Crippen molar-refractivity contribution in [1.82, 2.24) is 0 Å². The Hall–Kier alpha value is -2.14. The lowest BCUT2D eigenvalue weighted by Gasteiger charge is -2.14. The molecule has 168 valence electrons. The van der Waals surface area contributed by atoms with Crippen LogP contribution >= 0.6 is 58.2 Å². The molecule has 0 saturated carbocycles. The van der Waals surface area contributed by atoms with Gasteiger partial charge in [-0.3, -0.25) is 9.69 Å². The van der Waals surface area contributed by atoms with Gasteiger partial charge in [0.15, 0.2) is 15.8 Å². The molecule has 0 aromatic heterocycles. The van der Waals surface area contributed by atoms with E-state index in [0.29, 0.717) is 33.0 Å². The quantitative estimate of drug-likeness (QED) is 0.169. The van der Waals surface area contributed by atoms with Gasteiger partial charge in [0.1, 0.15) is 12.4 Å². The maximum absolute atomic E-state index is 13.5. The zero-order valence-electron chi connectivity index (χ0n) is 17.2. The average molecular weight is 612 g/mol. The zero-order chi connectivity index (χ0) is 23.5. The monoisotopic (exact) mass is 611 g/mol. The predicted molar refractivity (Wildman–Crippen MR) is 144 cm³/mol. The summed E-state index contributed by atoms with van der Waals surface area (Å²) in [6, 6.07) is 17.6. The molecule has 33 heavy (non-hydrogen) atoms. The second kappa shape index (κ2) is 10.4. The van der Waals surface area contributed by atoms with Gasteiger partial charge in [-0.2, -0.15) is 0 Å². The molecule has 1 saturated heterocycles. The number of methoxy groups -OCH3 is 1. The van der Waals surface area contributed by atoms with Crippen molar-refractivity contribution < 1.29 is 18.7 Å². The molecule has 4 nitrogen and oxygen atoms in total. The molecule has 0 radical (unpaired) electrons. The smallest absolute Gasteiger partial charge is 0.270 e. The molecule has 4 rings (SSSR count). The molecule has 0 atom stereocenters. The van der Waals surface area contributed by atoms with Gasteiger partial charge in [-0.15, -0.1) is 0 Å². The second-order valence-corrected chi connectivity index (χ2v) is 10.3. The summed E-state index contributed by atoms with van der Waals surface area (Å²) in [7, 11) is 1.56. The summed E-state index contributed by atoms with van der Waals surface area (Å²) in [4.78, 5) is 14.8. The van der Waals surface area contributed by atoms with Crippen LogP contribution in [0.5, 0.6) is 11.5 Å². The summed E-state index contributed by atoms with van der Waals surface area (Å²) in [5.74, 6) is 0.292. The van der Waals surface area contributed by atoms with Crippen LogP contribution in [0.1, 0.15) is 11.1 Å². The Morgan fingerprint density at radius 2 is 1.88 bits per heavy atom. The summed E-state index contributed by atoms with van der Waals surface area (Å²) in [5, 5.41) is -0.0731. The maximum Gasteiger partial charge on any atom is 0.270 e. The highest BCUT2D eigenvalue weighted by molar-refractivity contribution is 14.1. The molecule has 0 bridgehead atoms. The number of hydrogen-bond acceptors (Lipinski definition) is 5. The van der Waals surface area contributed by atoms with Gasteiger partial charge in [-0.05, 0) is 82.3 Å². The van der Waals surface area contributed by atoms with E-state index in [4.69, 9.17) is 33.3 Å². The standard InChI is InChI=1S/C24H16ClFINO3S2/c1-30-21-10-15(4-9-20(21)31-13-14-2-5-16(27)6-3-14)11-22-23(29)28(24(32)33-22)17-7-8-19(26)18(25)12-17/h2-12H,13H2,1H3/b22-11-. The first-order chi connectivity index (χ1) is 15.9. The van der Waals surface area contributed by atoms with Gasteiger partial charge in [0.2, 0.25) is 0 Å². The fourth-order valence-electron chi connectivity index (χ4n) is 3.10. The first kappa shape index (κ1) is 24.0. The molecule has 9 heteroatoms.